The van der Waals surface area contributed by atoms with E-state index in [0.29, 0.717) is 22.3 Å². The molecule has 1 aromatic carbocycles. The molecular weight excluding hydrogens is 316 g/mol. The van der Waals surface area contributed by atoms with Gasteiger partial charge in [0.05, 0.1) is 19.1 Å². The minimum atomic E-state index is -3.38. The molecule has 1 aromatic heterocycles. The molecule has 0 spiro atoms. The van der Waals surface area contributed by atoms with Gasteiger partial charge in [-0.25, -0.2) is 8.42 Å². The summed E-state index contributed by atoms with van der Waals surface area (Å²) >= 11 is 5.93. The Kier molecular flexibility index (Phi) is 4.49. The van der Waals surface area contributed by atoms with Crippen molar-refractivity contribution in [1.29, 1.82) is 0 Å². The largest absolute Gasteiger partial charge is 0.495 e. The standard InChI is InChI=1S/C12H13ClN4O3S/c1-20-10-4-3-8(13)7-9(10)14-11-5-6-12(16-15-11)17-21(2,18)19/h3-7H,1-2H3,(H,14,15)(H,16,17). The third kappa shape index (κ3) is 4.47. The quantitative estimate of drug-likeness (QED) is 0.874. The van der Waals surface area contributed by atoms with Crippen LogP contribution in [0, 0.1) is 0 Å². The molecule has 0 fully saturated rings. The zero-order chi connectivity index (χ0) is 15.5. The Labute approximate surface area is 127 Å². The highest BCUT2D eigenvalue weighted by molar-refractivity contribution is 7.92. The molecule has 0 radical (unpaired) electrons. The van der Waals surface area contributed by atoms with Crippen molar-refractivity contribution in [3.8, 4) is 5.75 Å². The predicted molar refractivity (Wildman–Crippen MR) is 81.8 cm³/mol. The summed E-state index contributed by atoms with van der Waals surface area (Å²) in [5, 5.41) is 11.2. The number of hydrogen-bond acceptors (Lipinski definition) is 6. The fourth-order valence-electron chi connectivity index (χ4n) is 1.56. The van der Waals surface area contributed by atoms with Gasteiger partial charge in [-0.3, -0.25) is 4.72 Å². The number of aromatic nitrogens is 2. The number of benzene rings is 1. The highest BCUT2D eigenvalue weighted by atomic mass is 35.5. The van der Waals surface area contributed by atoms with E-state index in [2.05, 4.69) is 20.2 Å². The van der Waals surface area contributed by atoms with Crippen LogP contribution in [0.3, 0.4) is 0 Å². The zero-order valence-electron chi connectivity index (χ0n) is 11.3. The zero-order valence-corrected chi connectivity index (χ0v) is 12.9. The lowest BCUT2D eigenvalue weighted by Crippen LogP contribution is -2.11. The third-order valence-corrected chi connectivity index (χ3v) is 3.19. The van der Waals surface area contributed by atoms with Crippen molar-refractivity contribution in [2.24, 2.45) is 0 Å². The normalized spacial score (nSPS) is 11.0. The van der Waals surface area contributed by atoms with Crippen molar-refractivity contribution in [2.75, 3.05) is 23.4 Å². The molecular formula is C12H13ClN4O3S. The van der Waals surface area contributed by atoms with E-state index in [9.17, 15) is 8.42 Å². The van der Waals surface area contributed by atoms with Crippen molar-refractivity contribution < 1.29 is 13.2 Å². The van der Waals surface area contributed by atoms with Crippen LogP contribution in [0.25, 0.3) is 0 Å². The first-order valence-electron chi connectivity index (χ1n) is 5.79. The highest BCUT2D eigenvalue weighted by Gasteiger charge is 2.07. The first-order chi connectivity index (χ1) is 9.87. The maximum Gasteiger partial charge on any atom is 0.231 e. The number of nitrogens with one attached hydrogen (secondary N) is 2. The first kappa shape index (κ1) is 15.3. The van der Waals surface area contributed by atoms with Crippen LogP contribution in [-0.2, 0) is 10.0 Å². The van der Waals surface area contributed by atoms with Crippen LogP contribution in [0.15, 0.2) is 30.3 Å². The lowest BCUT2D eigenvalue weighted by atomic mass is 10.3. The van der Waals surface area contributed by atoms with Crippen molar-refractivity contribution in [3.05, 3.63) is 35.4 Å². The van der Waals surface area contributed by atoms with E-state index in [-0.39, 0.29) is 5.82 Å². The summed E-state index contributed by atoms with van der Waals surface area (Å²) in [6, 6.07) is 8.19. The molecule has 0 bridgehead atoms. The monoisotopic (exact) mass is 328 g/mol. The minimum absolute atomic E-state index is 0.140. The molecule has 7 nitrogen and oxygen atoms in total. The summed E-state index contributed by atoms with van der Waals surface area (Å²) in [5.41, 5.74) is 0.628. The molecule has 2 aromatic rings. The van der Waals surface area contributed by atoms with E-state index in [1.807, 2.05) is 0 Å². The van der Waals surface area contributed by atoms with Gasteiger partial charge in [0.25, 0.3) is 0 Å². The SMILES string of the molecule is COc1ccc(Cl)cc1Nc1ccc(NS(C)(=O)=O)nn1. The molecule has 0 amide bonds. The van der Waals surface area contributed by atoms with Crippen molar-refractivity contribution >= 4 is 38.9 Å². The molecule has 0 unspecified atom stereocenters. The summed E-state index contributed by atoms with van der Waals surface area (Å²) in [4.78, 5) is 0. The van der Waals surface area contributed by atoms with Gasteiger partial charge >= 0.3 is 0 Å². The second-order valence-corrected chi connectivity index (χ2v) is 6.33. The van der Waals surface area contributed by atoms with Crippen LogP contribution in [0.2, 0.25) is 5.02 Å². The molecule has 112 valence electrons. The van der Waals surface area contributed by atoms with Crippen LogP contribution < -0.4 is 14.8 Å². The Morgan fingerprint density at radius 2 is 1.81 bits per heavy atom. The maximum absolute atomic E-state index is 11.1. The van der Waals surface area contributed by atoms with E-state index in [0.717, 1.165) is 6.26 Å². The molecule has 0 atom stereocenters. The van der Waals surface area contributed by atoms with Gasteiger partial charge in [-0.2, -0.15) is 0 Å². The Hall–Kier alpha value is -2.06. The number of sulfonamides is 1. The molecule has 0 saturated carbocycles. The molecule has 0 aliphatic rings. The van der Waals surface area contributed by atoms with E-state index >= 15 is 0 Å². The lowest BCUT2D eigenvalue weighted by Gasteiger charge is -2.10. The molecule has 2 rings (SSSR count). The number of methoxy groups -OCH3 is 1. The molecule has 1 heterocycles. The third-order valence-electron chi connectivity index (χ3n) is 2.38. The molecule has 2 N–H and O–H groups in total. The van der Waals surface area contributed by atoms with E-state index < -0.39 is 10.0 Å². The fraction of sp³-hybridized carbons (Fsp3) is 0.167. The average molecular weight is 329 g/mol. The Balaban J connectivity index is 2.19. The topological polar surface area (TPSA) is 93.2 Å². The van der Waals surface area contributed by atoms with Crippen LogP contribution in [0.1, 0.15) is 0 Å². The van der Waals surface area contributed by atoms with Crippen molar-refractivity contribution in [2.45, 2.75) is 0 Å². The summed E-state index contributed by atoms with van der Waals surface area (Å²) in [5.74, 6) is 1.16. The van der Waals surface area contributed by atoms with Gasteiger partial charge in [-0.15, -0.1) is 10.2 Å². The Morgan fingerprint density at radius 3 is 2.38 bits per heavy atom. The maximum atomic E-state index is 11.1. The summed E-state index contributed by atoms with van der Waals surface area (Å²) in [6.45, 7) is 0. The lowest BCUT2D eigenvalue weighted by molar-refractivity contribution is 0.417. The predicted octanol–water partition coefficient (Wildman–Crippen LogP) is 2.25. The molecule has 9 heteroatoms. The number of nitrogens with zero attached hydrogens (tertiary/aromatic N) is 2. The Bertz CT molecular complexity index is 735. The minimum Gasteiger partial charge on any atom is -0.495 e. The second-order valence-electron chi connectivity index (χ2n) is 4.15. The van der Waals surface area contributed by atoms with E-state index in [1.165, 1.54) is 6.07 Å². The Morgan fingerprint density at radius 1 is 1.14 bits per heavy atom. The summed E-state index contributed by atoms with van der Waals surface area (Å²) in [6.07, 6.45) is 1.04. The molecule has 0 aliphatic carbocycles. The van der Waals surface area contributed by atoms with Gasteiger partial charge in [-0.05, 0) is 30.3 Å². The summed E-state index contributed by atoms with van der Waals surface area (Å²) in [7, 11) is -1.83. The number of ether oxygens (including phenoxy) is 1. The van der Waals surface area contributed by atoms with Gasteiger partial charge < -0.3 is 10.1 Å². The highest BCUT2D eigenvalue weighted by Crippen LogP contribution is 2.29. The molecule has 0 saturated heterocycles. The summed E-state index contributed by atoms with van der Waals surface area (Å²) < 4.78 is 29.6. The van der Waals surface area contributed by atoms with Crippen LogP contribution in [0.5, 0.6) is 5.75 Å². The van der Waals surface area contributed by atoms with Crippen LogP contribution in [-0.4, -0.2) is 32.0 Å². The van der Waals surface area contributed by atoms with Crippen molar-refractivity contribution in [3.63, 3.8) is 0 Å². The molecule has 0 aliphatic heterocycles. The smallest absolute Gasteiger partial charge is 0.231 e. The van der Waals surface area contributed by atoms with Crippen molar-refractivity contribution in [1.82, 2.24) is 10.2 Å². The van der Waals surface area contributed by atoms with Crippen LogP contribution >= 0.6 is 11.6 Å². The number of halogens is 1. The van der Waals surface area contributed by atoms with Gasteiger partial charge in [-0.1, -0.05) is 11.6 Å². The van der Waals surface area contributed by atoms with Crippen LogP contribution in [0.4, 0.5) is 17.3 Å². The van der Waals surface area contributed by atoms with E-state index in [4.69, 9.17) is 16.3 Å². The number of hydrogen-bond donors (Lipinski definition) is 2. The van der Waals surface area contributed by atoms with Gasteiger partial charge in [0.1, 0.15) is 5.75 Å². The van der Waals surface area contributed by atoms with Gasteiger partial charge in [0, 0.05) is 5.02 Å². The van der Waals surface area contributed by atoms with E-state index in [1.54, 1.807) is 31.4 Å². The first-order valence-corrected chi connectivity index (χ1v) is 8.06. The van der Waals surface area contributed by atoms with Gasteiger partial charge in [0.15, 0.2) is 11.6 Å². The molecule has 21 heavy (non-hydrogen) atoms. The number of rotatable bonds is 5. The fourth-order valence-corrected chi connectivity index (χ4v) is 2.22. The second kappa shape index (κ2) is 6.15. The van der Waals surface area contributed by atoms with Gasteiger partial charge in [0.2, 0.25) is 10.0 Å². The average Bonchev–Trinajstić information content (AvgIpc) is 2.40. The number of anilines is 3.